The summed E-state index contributed by atoms with van der Waals surface area (Å²) in [5.74, 6) is -1.35. The van der Waals surface area contributed by atoms with E-state index >= 15 is 0 Å². The first-order chi connectivity index (χ1) is 17.6. The lowest BCUT2D eigenvalue weighted by atomic mass is 10.0. The van der Waals surface area contributed by atoms with Gasteiger partial charge in [-0.05, 0) is 49.1 Å². The number of anilines is 1. The third kappa shape index (κ3) is 5.28. The summed E-state index contributed by atoms with van der Waals surface area (Å²) in [6.07, 6.45) is 2.07. The first-order valence-electron chi connectivity index (χ1n) is 12.5. The molecule has 2 aliphatic rings. The lowest BCUT2D eigenvalue weighted by molar-refractivity contribution is -0.608. The molecule has 0 radical (unpaired) electrons. The van der Waals surface area contributed by atoms with Crippen LogP contribution in [-0.4, -0.2) is 78.6 Å². The van der Waals surface area contributed by atoms with E-state index in [1.54, 1.807) is 18.2 Å². The van der Waals surface area contributed by atoms with Crippen molar-refractivity contribution in [3.8, 4) is 0 Å². The van der Waals surface area contributed by atoms with Crippen molar-refractivity contribution in [3.05, 3.63) is 65.1 Å². The quantitative estimate of drug-likeness (QED) is 0.445. The highest BCUT2D eigenvalue weighted by Crippen LogP contribution is 2.31. The number of likely N-dealkylation sites (tertiary alicyclic amines) is 2. The first kappa shape index (κ1) is 26.1. The highest BCUT2D eigenvalue weighted by Gasteiger charge is 2.53. The van der Waals surface area contributed by atoms with Crippen molar-refractivity contribution < 1.29 is 23.9 Å². The number of aromatic nitrogens is 1. The van der Waals surface area contributed by atoms with Crippen LogP contribution in [0, 0.1) is 11.1 Å². The lowest BCUT2D eigenvalue weighted by Crippen LogP contribution is -2.53. The third-order valence-electron chi connectivity index (χ3n) is 6.97. The Hall–Kier alpha value is -3.95. The number of hydrogen-bond donors (Lipinski definition) is 1. The van der Waals surface area contributed by atoms with Crippen LogP contribution in [0.4, 0.5) is 5.69 Å². The van der Waals surface area contributed by atoms with E-state index in [1.807, 2.05) is 45.0 Å². The van der Waals surface area contributed by atoms with Crippen LogP contribution in [0.3, 0.4) is 0 Å². The minimum Gasteiger partial charge on any atom is -0.618 e. The molecule has 10 nitrogen and oxygen atoms in total. The maximum atomic E-state index is 13.7. The van der Waals surface area contributed by atoms with Crippen LogP contribution in [0.15, 0.2) is 48.7 Å². The largest absolute Gasteiger partial charge is 0.618 e. The molecule has 3 heterocycles. The SMILES string of the molecule is CC(C)C[C@H](NC(=O)c1ccc(N(C)C)cc1)C(=O)N1CC[C@@H]2[C@H]1C(=O)CN2C(=O)c1cccc[n+]1[O-]. The summed E-state index contributed by atoms with van der Waals surface area (Å²) >= 11 is 0. The highest BCUT2D eigenvalue weighted by atomic mass is 16.5. The average Bonchev–Trinajstić information content (AvgIpc) is 3.44. The monoisotopic (exact) mass is 507 g/mol. The first-order valence-corrected chi connectivity index (χ1v) is 12.5. The molecule has 2 fully saturated rings. The molecule has 2 saturated heterocycles. The molecule has 1 N–H and O–H groups in total. The molecule has 0 unspecified atom stereocenters. The van der Waals surface area contributed by atoms with E-state index in [2.05, 4.69) is 5.32 Å². The molecule has 37 heavy (non-hydrogen) atoms. The summed E-state index contributed by atoms with van der Waals surface area (Å²) in [5.41, 5.74) is 1.33. The molecule has 3 amide bonds. The second kappa shape index (κ2) is 10.6. The summed E-state index contributed by atoms with van der Waals surface area (Å²) in [6.45, 7) is 4.05. The van der Waals surface area contributed by atoms with Crippen molar-refractivity contribution in [1.29, 1.82) is 0 Å². The van der Waals surface area contributed by atoms with Crippen molar-refractivity contribution in [3.63, 3.8) is 0 Å². The van der Waals surface area contributed by atoms with E-state index in [-0.39, 0.29) is 42.3 Å². The van der Waals surface area contributed by atoms with Gasteiger partial charge in [0.15, 0.2) is 12.0 Å². The molecule has 196 valence electrons. The topological polar surface area (TPSA) is 117 Å². The van der Waals surface area contributed by atoms with Gasteiger partial charge in [-0.2, -0.15) is 4.73 Å². The zero-order chi connectivity index (χ0) is 26.9. The van der Waals surface area contributed by atoms with Crippen LogP contribution >= 0.6 is 0 Å². The molecule has 1 aromatic heterocycles. The van der Waals surface area contributed by atoms with Gasteiger partial charge in [0, 0.05) is 44.0 Å². The fourth-order valence-corrected chi connectivity index (χ4v) is 5.13. The maximum absolute atomic E-state index is 13.7. The zero-order valence-electron chi connectivity index (χ0n) is 21.6. The molecule has 2 aromatic rings. The Bertz CT molecular complexity index is 1200. The van der Waals surface area contributed by atoms with Crippen LogP contribution in [-0.2, 0) is 9.59 Å². The van der Waals surface area contributed by atoms with Crippen LogP contribution in [0.5, 0.6) is 0 Å². The van der Waals surface area contributed by atoms with Gasteiger partial charge < -0.3 is 25.2 Å². The lowest BCUT2D eigenvalue weighted by Gasteiger charge is -2.29. The normalized spacial score (nSPS) is 19.6. The molecule has 1 aromatic carbocycles. The summed E-state index contributed by atoms with van der Waals surface area (Å²) in [5, 5.41) is 15.0. The second-order valence-electron chi connectivity index (χ2n) is 10.2. The predicted octanol–water partition coefficient (Wildman–Crippen LogP) is 1.23. The number of nitrogens with zero attached hydrogens (tertiary/aromatic N) is 4. The number of nitrogens with one attached hydrogen (secondary N) is 1. The van der Waals surface area contributed by atoms with Gasteiger partial charge in [0.1, 0.15) is 12.1 Å². The number of amides is 3. The van der Waals surface area contributed by atoms with E-state index < -0.39 is 24.0 Å². The molecule has 0 aliphatic carbocycles. The molecule has 2 aliphatic heterocycles. The molecule has 4 rings (SSSR count). The van der Waals surface area contributed by atoms with Crippen molar-refractivity contribution >= 4 is 29.2 Å². The Morgan fingerprint density at radius 3 is 2.43 bits per heavy atom. The number of carbonyl (C=O) groups is 4. The number of pyridine rings is 1. The molecule has 0 saturated carbocycles. The van der Waals surface area contributed by atoms with Gasteiger partial charge in [-0.15, -0.1) is 0 Å². The van der Waals surface area contributed by atoms with Gasteiger partial charge in [0.25, 0.3) is 11.6 Å². The van der Waals surface area contributed by atoms with Gasteiger partial charge in [-0.3, -0.25) is 19.2 Å². The van der Waals surface area contributed by atoms with Crippen molar-refractivity contribution in [1.82, 2.24) is 15.1 Å². The Morgan fingerprint density at radius 2 is 1.81 bits per heavy atom. The minimum absolute atomic E-state index is 0.0639. The highest BCUT2D eigenvalue weighted by molar-refractivity contribution is 6.02. The van der Waals surface area contributed by atoms with E-state index in [9.17, 15) is 24.4 Å². The van der Waals surface area contributed by atoms with E-state index in [0.717, 1.165) is 5.69 Å². The average molecular weight is 508 g/mol. The number of ketones is 1. The summed E-state index contributed by atoms with van der Waals surface area (Å²) in [6, 6.07) is 9.53. The number of fused-ring (bicyclic) bond motifs is 1. The molecule has 0 bridgehead atoms. The Morgan fingerprint density at radius 1 is 1.11 bits per heavy atom. The predicted molar refractivity (Wildman–Crippen MR) is 137 cm³/mol. The molecule has 3 atom stereocenters. The minimum atomic E-state index is -0.810. The van der Waals surface area contributed by atoms with Crippen LogP contribution in [0.25, 0.3) is 0 Å². The van der Waals surface area contributed by atoms with Gasteiger partial charge in [-0.25, -0.2) is 0 Å². The van der Waals surface area contributed by atoms with Gasteiger partial charge >= 0.3 is 5.91 Å². The number of rotatable bonds is 7. The maximum Gasteiger partial charge on any atom is 0.320 e. The summed E-state index contributed by atoms with van der Waals surface area (Å²) in [7, 11) is 3.82. The van der Waals surface area contributed by atoms with Gasteiger partial charge in [-0.1, -0.05) is 13.8 Å². The molecule has 0 spiro atoms. The van der Waals surface area contributed by atoms with Gasteiger partial charge in [0.05, 0.1) is 12.6 Å². The van der Waals surface area contributed by atoms with E-state index in [0.29, 0.717) is 23.1 Å². The third-order valence-corrected chi connectivity index (χ3v) is 6.97. The molecular weight excluding hydrogens is 474 g/mol. The molecule has 10 heteroatoms. The van der Waals surface area contributed by atoms with Crippen molar-refractivity contribution in [2.75, 3.05) is 32.1 Å². The zero-order valence-corrected chi connectivity index (χ0v) is 21.6. The Balaban J connectivity index is 1.51. The summed E-state index contributed by atoms with van der Waals surface area (Å²) in [4.78, 5) is 57.6. The summed E-state index contributed by atoms with van der Waals surface area (Å²) < 4.78 is 0.483. The number of hydrogen-bond acceptors (Lipinski definition) is 6. The van der Waals surface area contributed by atoms with Crippen LogP contribution in [0.2, 0.25) is 0 Å². The van der Waals surface area contributed by atoms with Crippen molar-refractivity contribution in [2.45, 2.75) is 44.8 Å². The van der Waals surface area contributed by atoms with E-state index in [1.165, 1.54) is 28.1 Å². The number of carbonyl (C=O) groups excluding carboxylic acids is 4. The molecular formula is C27H33N5O5. The van der Waals surface area contributed by atoms with Crippen molar-refractivity contribution in [2.24, 2.45) is 5.92 Å². The van der Waals surface area contributed by atoms with Crippen LogP contribution in [0.1, 0.15) is 47.5 Å². The fourth-order valence-electron chi connectivity index (χ4n) is 5.13. The Labute approximate surface area is 216 Å². The standard InChI is InChI=1S/C27H33N5O5/c1-17(2)15-20(28-25(34)18-8-10-19(11-9-18)29(3)4)26(35)30-14-12-21-24(30)23(33)16-31(21)27(36)22-7-5-6-13-32(22)37/h5-11,13,17,20-21,24H,12,14-16H2,1-4H3,(H,28,34)/t20-,21+,24-/m0/s1. The number of Topliss-reactive ketones (excluding diaryl/α,β-unsaturated/α-hetero) is 1. The van der Waals surface area contributed by atoms with E-state index in [4.69, 9.17) is 0 Å². The van der Waals surface area contributed by atoms with Gasteiger partial charge in [0.2, 0.25) is 5.91 Å². The number of benzene rings is 1. The fraction of sp³-hybridized carbons (Fsp3) is 0.444. The van der Waals surface area contributed by atoms with Crippen LogP contribution < -0.4 is 14.9 Å². The smallest absolute Gasteiger partial charge is 0.320 e. The second-order valence-corrected chi connectivity index (χ2v) is 10.2. The Kier molecular flexibility index (Phi) is 7.47.